The lowest BCUT2D eigenvalue weighted by Crippen LogP contribution is -2.46. The second-order valence-electron chi connectivity index (χ2n) is 6.23. The number of ether oxygens (including phenoxy) is 1. The third-order valence-corrected chi connectivity index (χ3v) is 7.00. The molecule has 3 fully saturated rings. The first kappa shape index (κ1) is 13.7. The average Bonchev–Trinajstić information content (AvgIpc) is 3.10. The predicted octanol–water partition coefficient (Wildman–Crippen LogP) is 1.02. The van der Waals surface area contributed by atoms with Crippen molar-refractivity contribution in [3.8, 4) is 0 Å². The largest absolute Gasteiger partial charge is 0.363 e. The van der Waals surface area contributed by atoms with Crippen LogP contribution < -0.4 is 0 Å². The molecule has 1 aromatic rings. The zero-order chi connectivity index (χ0) is 14.6. The van der Waals surface area contributed by atoms with Crippen LogP contribution in [0.1, 0.15) is 43.5 Å². The van der Waals surface area contributed by atoms with E-state index in [0.717, 1.165) is 25.7 Å². The molecule has 2 saturated heterocycles. The highest BCUT2D eigenvalue weighted by atomic mass is 32.2. The highest BCUT2D eigenvalue weighted by molar-refractivity contribution is 7.90. The van der Waals surface area contributed by atoms with Gasteiger partial charge in [0.05, 0.1) is 11.4 Å². The number of hydrogen-bond acceptors (Lipinski definition) is 6. The minimum Gasteiger partial charge on any atom is -0.363 e. The van der Waals surface area contributed by atoms with E-state index in [9.17, 15) is 8.42 Å². The Morgan fingerprint density at radius 1 is 1.29 bits per heavy atom. The number of aromatic nitrogens is 2. The Morgan fingerprint density at radius 3 is 2.76 bits per heavy atom. The molecule has 1 saturated carbocycles. The van der Waals surface area contributed by atoms with Crippen LogP contribution in [0.2, 0.25) is 0 Å². The molecule has 4 rings (SSSR count). The summed E-state index contributed by atoms with van der Waals surface area (Å²) in [6, 6.07) is 0. The number of rotatable bonds is 3. The molecule has 0 spiro atoms. The van der Waals surface area contributed by atoms with Crippen LogP contribution in [0, 0.1) is 12.8 Å². The van der Waals surface area contributed by atoms with Crippen molar-refractivity contribution in [2.24, 2.45) is 5.92 Å². The third-order valence-electron chi connectivity index (χ3n) is 4.64. The van der Waals surface area contributed by atoms with Crippen LogP contribution in [-0.4, -0.2) is 47.3 Å². The molecule has 1 aliphatic carbocycles. The molecule has 0 bridgehead atoms. The van der Waals surface area contributed by atoms with Crippen LogP contribution in [0.25, 0.3) is 0 Å². The smallest absolute Gasteiger partial charge is 0.255 e. The molecule has 3 aliphatic rings. The van der Waals surface area contributed by atoms with Crippen molar-refractivity contribution in [1.29, 1.82) is 0 Å². The number of nitrogens with zero attached hydrogens (tertiary/aromatic N) is 3. The van der Waals surface area contributed by atoms with Gasteiger partial charge in [-0.25, -0.2) is 8.42 Å². The van der Waals surface area contributed by atoms with Crippen LogP contribution in [0.5, 0.6) is 0 Å². The average molecular weight is 313 g/mol. The summed E-state index contributed by atoms with van der Waals surface area (Å²) >= 11 is 0. The van der Waals surface area contributed by atoms with Gasteiger partial charge in [0.2, 0.25) is 10.0 Å². The molecule has 7 nitrogen and oxygen atoms in total. The van der Waals surface area contributed by atoms with Gasteiger partial charge in [0, 0.05) is 13.1 Å². The van der Waals surface area contributed by atoms with Gasteiger partial charge < -0.3 is 9.26 Å². The molecule has 21 heavy (non-hydrogen) atoms. The van der Waals surface area contributed by atoms with E-state index < -0.39 is 10.0 Å². The zero-order valence-electron chi connectivity index (χ0n) is 11.9. The topological polar surface area (TPSA) is 85.5 Å². The second kappa shape index (κ2) is 4.76. The molecule has 3 atom stereocenters. The fraction of sp³-hybridized carbons (Fsp3) is 0.846. The van der Waals surface area contributed by atoms with E-state index in [1.54, 1.807) is 11.2 Å². The Hall–Kier alpha value is -0.990. The van der Waals surface area contributed by atoms with Crippen molar-refractivity contribution in [1.82, 2.24) is 14.4 Å². The maximum atomic E-state index is 12.3. The Morgan fingerprint density at radius 2 is 2.10 bits per heavy atom. The maximum Gasteiger partial charge on any atom is 0.255 e. The van der Waals surface area contributed by atoms with Crippen LogP contribution in [0.3, 0.4) is 0 Å². The molecule has 0 amide bonds. The van der Waals surface area contributed by atoms with Gasteiger partial charge in [0.1, 0.15) is 6.10 Å². The number of sulfonamides is 1. The molecular formula is C13H19N3O4S. The predicted molar refractivity (Wildman–Crippen MR) is 72.9 cm³/mol. The summed E-state index contributed by atoms with van der Waals surface area (Å²) in [7, 11) is -3.10. The van der Waals surface area contributed by atoms with Gasteiger partial charge in [-0.3, -0.25) is 0 Å². The van der Waals surface area contributed by atoms with Gasteiger partial charge in [-0.05, 0) is 38.5 Å². The summed E-state index contributed by atoms with van der Waals surface area (Å²) in [5, 5.41) is 3.64. The van der Waals surface area contributed by atoms with E-state index in [0.29, 0.717) is 30.7 Å². The minimum absolute atomic E-state index is 0.0514. The molecule has 0 N–H and O–H groups in total. The van der Waals surface area contributed by atoms with Gasteiger partial charge in [0.15, 0.2) is 5.82 Å². The maximum absolute atomic E-state index is 12.3. The summed E-state index contributed by atoms with van der Waals surface area (Å²) in [6.45, 7) is 2.85. The Bertz CT molecular complexity index is 640. The summed E-state index contributed by atoms with van der Waals surface area (Å²) < 4.78 is 37.4. The van der Waals surface area contributed by atoms with Gasteiger partial charge in [-0.1, -0.05) is 5.16 Å². The highest BCUT2D eigenvalue weighted by Crippen LogP contribution is 2.42. The van der Waals surface area contributed by atoms with E-state index in [2.05, 4.69) is 10.1 Å². The number of piperidine rings is 1. The minimum atomic E-state index is -3.10. The fourth-order valence-corrected chi connectivity index (χ4v) is 5.18. The Labute approximate surface area is 123 Å². The molecular weight excluding hydrogens is 294 g/mol. The first-order valence-corrected chi connectivity index (χ1v) is 8.99. The van der Waals surface area contributed by atoms with Gasteiger partial charge >= 0.3 is 0 Å². The summed E-state index contributed by atoms with van der Waals surface area (Å²) in [4.78, 5) is 4.22. The van der Waals surface area contributed by atoms with Crippen LogP contribution in [0.15, 0.2) is 4.52 Å². The highest BCUT2D eigenvalue weighted by Gasteiger charge is 2.47. The molecule has 0 radical (unpaired) electrons. The van der Waals surface area contributed by atoms with Crippen LogP contribution in [-0.2, 0) is 14.8 Å². The molecule has 8 heteroatoms. The standard InChI is InChI=1S/C13H19N3O4S/c1-8-14-13(20-15-8)11-6-9-4-5-16(7-12(9)19-11)21(17,18)10-2-3-10/h9-12H,2-7H2,1H3/t9-,11-,12+/m0/s1. The normalized spacial score (nSPS) is 34.0. The fourth-order valence-electron chi connectivity index (χ4n) is 3.31. The van der Waals surface area contributed by atoms with E-state index in [1.165, 1.54) is 0 Å². The lowest BCUT2D eigenvalue weighted by molar-refractivity contribution is -0.00206. The van der Waals surface area contributed by atoms with Crippen molar-refractivity contribution in [2.45, 2.75) is 50.1 Å². The number of hydrogen-bond donors (Lipinski definition) is 0. The van der Waals surface area contributed by atoms with Gasteiger partial charge in [-0.15, -0.1) is 0 Å². The van der Waals surface area contributed by atoms with Crippen molar-refractivity contribution in [2.75, 3.05) is 13.1 Å². The zero-order valence-corrected chi connectivity index (χ0v) is 12.8. The summed E-state index contributed by atoms with van der Waals surface area (Å²) in [5.74, 6) is 1.49. The van der Waals surface area contributed by atoms with Crippen molar-refractivity contribution in [3.63, 3.8) is 0 Å². The quantitative estimate of drug-likeness (QED) is 0.828. The van der Waals surface area contributed by atoms with Crippen molar-refractivity contribution >= 4 is 10.0 Å². The van der Waals surface area contributed by atoms with Crippen molar-refractivity contribution in [3.05, 3.63) is 11.7 Å². The van der Waals surface area contributed by atoms with E-state index >= 15 is 0 Å². The lowest BCUT2D eigenvalue weighted by Gasteiger charge is -2.33. The number of fused-ring (bicyclic) bond motifs is 1. The van der Waals surface area contributed by atoms with Crippen LogP contribution >= 0.6 is 0 Å². The number of aryl methyl sites for hydroxylation is 1. The van der Waals surface area contributed by atoms with Gasteiger partial charge in [0.25, 0.3) is 5.89 Å². The molecule has 0 unspecified atom stereocenters. The third kappa shape index (κ3) is 2.39. The van der Waals surface area contributed by atoms with Crippen LogP contribution in [0.4, 0.5) is 0 Å². The Balaban J connectivity index is 1.47. The van der Waals surface area contributed by atoms with E-state index in [1.807, 2.05) is 0 Å². The summed E-state index contributed by atoms with van der Waals surface area (Å²) in [6.07, 6.45) is 3.05. The van der Waals surface area contributed by atoms with E-state index in [-0.39, 0.29) is 17.5 Å². The molecule has 116 valence electrons. The van der Waals surface area contributed by atoms with E-state index in [4.69, 9.17) is 9.26 Å². The van der Waals surface area contributed by atoms with Gasteiger partial charge in [-0.2, -0.15) is 9.29 Å². The Kier molecular flexibility index (Phi) is 3.09. The van der Waals surface area contributed by atoms with Crippen molar-refractivity contribution < 1.29 is 17.7 Å². The molecule has 1 aromatic heterocycles. The molecule has 0 aromatic carbocycles. The monoisotopic (exact) mass is 313 g/mol. The first-order chi connectivity index (χ1) is 10.0. The second-order valence-corrected chi connectivity index (χ2v) is 8.44. The first-order valence-electron chi connectivity index (χ1n) is 7.48. The molecule has 2 aliphatic heterocycles. The lowest BCUT2D eigenvalue weighted by atomic mass is 9.93. The molecule has 3 heterocycles. The summed E-state index contributed by atoms with van der Waals surface area (Å²) in [5.41, 5.74) is 0. The SMILES string of the molecule is Cc1noc([C@@H]2C[C@@H]3CCN(S(=O)(=O)C4CC4)C[C@H]3O2)n1.